The summed E-state index contributed by atoms with van der Waals surface area (Å²) < 4.78 is 19.1. The maximum absolute atomic E-state index is 13.8. The molecular formula is C25H31FN4O3. The third kappa shape index (κ3) is 5.89. The van der Waals surface area contributed by atoms with Crippen LogP contribution in [0.15, 0.2) is 48.5 Å². The number of urea groups is 1. The maximum atomic E-state index is 13.8. The van der Waals surface area contributed by atoms with Crippen molar-refractivity contribution in [2.75, 3.05) is 31.6 Å². The third-order valence-electron chi connectivity index (χ3n) is 6.37. The van der Waals surface area contributed by atoms with Gasteiger partial charge in [-0.3, -0.25) is 4.79 Å². The molecule has 7 nitrogen and oxygen atoms in total. The van der Waals surface area contributed by atoms with Crippen LogP contribution in [0.25, 0.3) is 0 Å². The highest BCUT2D eigenvalue weighted by Crippen LogP contribution is 2.26. The molecule has 8 heteroatoms. The van der Waals surface area contributed by atoms with Gasteiger partial charge in [-0.15, -0.1) is 0 Å². The van der Waals surface area contributed by atoms with Gasteiger partial charge in [-0.25, -0.2) is 9.18 Å². The predicted molar refractivity (Wildman–Crippen MR) is 124 cm³/mol. The number of benzene rings is 2. The lowest BCUT2D eigenvalue weighted by molar-refractivity contribution is 0.0564. The van der Waals surface area contributed by atoms with Crippen LogP contribution in [0.4, 0.5) is 14.9 Å². The molecule has 33 heavy (non-hydrogen) atoms. The van der Waals surface area contributed by atoms with Gasteiger partial charge in [-0.05, 0) is 48.7 Å². The predicted octanol–water partition coefficient (Wildman–Crippen LogP) is 3.60. The molecule has 0 bridgehead atoms. The second kappa shape index (κ2) is 10.8. The minimum absolute atomic E-state index is 0.102. The Morgan fingerprint density at radius 3 is 2.52 bits per heavy atom. The van der Waals surface area contributed by atoms with Crippen LogP contribution >= 0.6 is 0 Å². The van der Waals surface area contributed by atoms with Gasteiger partial charge < -0.3 is 25.6 Å². The highest BCUT2D eigenvalue weighted by molar-refractivity contribution is 5.94. The first kappa shape index (κ1) is 23.2. The average molecular weight is 455 g/mol. The summed E-state index contributed by atoms with van der Waals surface area (Å²) in [5.41, 5.74) is 8.33. The van der Waals surface area contributed by atoms with Crippen molar-refractivity contribution in [3.05, 3.63) is 65.5 Å². The Morgan fingerprint density at radius 2 is 1.82 bits per heavy atom. The quantitative estimate of drug-likeness (QED) is 0.723. The van der Waals surface area contributed by atoms with Crippen molar-refractivity contribution in [3.63, 3.8) is 0 Å². The van der Waals surface area contributed by atoms with Crippen molar-refractivity contribution in [1.29, 1.82) is 0 Å². The molecule has 4 rings (SSSR count). The Balaban J connectivity index is 1.48. The number of amides is 3. The SMILES string of the molecule is NC1CCCCC1N(Cc1ccc(NC(=O)N2CCOCC2)cc1)C(=O)c1cccc(F)c1. The lowest BCUT2D eigenvalue weighted by Crippen LogP contribution is -2.51. The van der Waals surface area contributed by atoms with E-state index in [2.05, 4.69) is 5.32 Å². The minimum atomic E-state index is -0.436. The summed E-state index contributed by atoms with van der Waals surface area (Å²) in [6.07, 6.45) is 3.76. The minimum Gasteiger partial charge on any atom is -0.378 e. The molecule has 1 saturated carbocycles. The van der Waals surface area contributed by atoms with Crippen LogP contribution in [0, 0.1) is 5.82 Å². The Bertz CT molecular complexity index is 962. The number of nitrogens with one attached hydrogen (secondary N) is 1. The van der Waals surface area contributed by atoms with Crippen LogP contribution < -0.4 is 11.1 Å². The van der Waals surface area contributed by atoms with Crippen LogP contribution in [0.5, 0.6) is 0 Å². The number of hydrogen-bond donors (Lipinski definition) is 2. The molecule has 2 aromatic rings. The second-order valence-corrected chi connectivity index (χ2v) is 8.69. The van der Waals surface area contributed by atoms with Gasteiger partial charge in [0, 0.05) is 43.0 Å². The number of morpholine rings is 1. The zero-order valence-electron chi connectivity index (χ0n) is 18.7. The van der Waals surface area contributed by atoms with E-state index in [4.69, 9.17) is 10.5 Å². The highest BCUT2D eigenvalue weighted by atomic mass is 19.1. The van der Waals surface area contributed by atoms with Crippen LogP contribution in [0.1, 0.15) is 41.6 Å². The maximum Gasteiger partial charge on any atom is 0.321 e. The van der Waals surface area contributed by atoms with E-state index in [1.807, 2.05) is 24.3 Å². The molecule has 0 spiro atoms. The van der Waals surface area contributed by atoms with Crippen molar-refractivity contribution in [2.24, 2.45) is 5.73 Å². The van der Waals surface area contributed by atoms with Gasteiger partial charge in [0.15, 0.2) is 0 Å². The summed E-state index contributed by atoms with van der Waals surface area (Å²) in [7, 11) is 0. The van der Waals surface area contributed by atoms with Gasteiger partial charge in [-0.1, -0.05) is 31.0 Å². The van der Waals surface area contributed by atoms with Crippen molar-refractivity contribution in [2.45, 2.75) is 44.3 Å². The van der Waals surface area contributed by atoms with Gasteiger partial charge in [-0.2, -0.15) is 0 Å². The molecule has 1 saturated heterocycles. The van der Waals surface area contributed by atoms with Gasteiger partial charge in [0.05, 0.1) is 13.2 Å². The molecular weight excluding hydrogens is 423 g/mol. The molecule has 1 aliphatic carbocycles. The molecule has 0 aromatic heterocycles. The standard InChI is InChI=1S/C25H31FN4O3/c26-20-5-3-4-19(16-20)24(31)30(23-7-2-1-6-22(23)27)17-18-8-10-21(11-9-18)28-25(32)29-12-14-33-15-13-29/h3-5,8-11,16,22-23H,1-2,6-7,12-15,17,27H2,(H,28,32). The summed E-state index contributed by atoms with van der Waals surface area (Å²) in [5.74, 6) is -0.657. The zero-order valence-corrected chi connectivity index (χ0v) is 18.7. The Hall–Kier alpha value is -2.97. The molecule has 0 radical (unpaired) electrons. The van der Waals surface area contributed by atoms with Crippen LogP contribution in [-0.2, 0) is 11.3 Å². The number of anilines is 1. The molecule has 3 amide bonds. The largest absolute Gasteiger partial charge is 0.378 e. The van der Waals surface area contributed by atoms with Crippen molar-refractivity contribution >= 4 is 17.6 Å². The average Bonchev–Trinajstić information content (AvgIpc) is 2.84. The number of hydrogen-bond acceptors (Lipinski definition) is 4. The summed E-state index contributed by atoms with van der Waals surface area (Å²) in [6, 6.07) is 12.9. The number of rotatable bonds is 5. The molecule has 176 valence electrons. The smallest absolute Gasteiger partial charge is 0.321 e. The summed E-state index contributed by atoms with van der Waals surface area (Å²) in [5, 5.41) is 2.91. The number of nitrogens with two attached hydrogens (primary N) is 1. The second-order valence-electron chi connectivity index (χ2n) is 8.69. The summed E-state index contributed by atoms with van der Waals surface area (Å²) in [6.45, 7) is 2.60. The number of nitrogens with zero attached hydrogens (tertiary/aromatic N) is 2. The Morgan fingerprint density at radius 1 is 1.09 bits per heavy atom. The molecule has 2 atom stereocenters. The molecule has 2 aliphatic rings. The van der Waals surface area contributed by atoms with E-state index in [0.29, 0.717) is 44.1 Å². The van der Waals surface area contributed by atoms with Gasteiger partial charge >= 0.3 is 6.03 Å². The van der Waals surface area contributed by atoms with Crippen molar-refractivity contribution in [1.82, 2.24) is 9.80 Å². The van der Waals surface area contributed by atoms with Crippen LogP contribution in [0.2, 0.25) is 0 Å². The van der Waals surface area contributed by atoms with E-state index < -0.39 is 5.82 Å². The number of carbonyl (C=O) groups excluding carboxylic acids is 2. The first-order valence-corrected chi connectivity index (χ1v) is 11.6. The van der Waals surface area contributed by atoms with Crippen LogP contribution in [-0.4, -0.2) is 60.1 Å². The lowest BCUT2D eigenvalue weighted by Gasteiger charge is -2.38. The fourth-order valence-corrected chi connectivity index (χ4v) is 4.51. The van der Waals surface area contributed by atoms with E-state index in [-0.39, 0.29) is 24.0 Å². The third-order valence-corrected chi connectivity index (χ3v) is 6.37. The van der Waals surface area contributed by atoms with E-state index in [1.54, 1.807) is 21.9 Å². The Kier molecular flexibility index (Phi) is 7.57. The number of carbonyl (C=O) groups is 2. The fourth-order valence-electron chi connectivity index (χ4n) is 4.51. The zero-order chi connectivity index (χ0) is 23.2. The normalized spacial score (nSPS) is 20.8. The first-order valence-electron chi connectivity index (χ1n) is 11.6. The Labute approximate surface area is 193 Å². The van der Waals surface area contributed by atoms with E-state index >= 15 is 0 Å². The number of ether oxygens (including phenoxy) is 1. The molecule has 3 N–H and O–H groups in total. The molecule has 1 heterocycles. The monoisotopic (exact) mass is 454 g/mol. The topological polar surface area (TPSA) is 87.9 Å². The van der Waals surface area contributed by atoms with Gasteiger partial charge in [0.25, 0.3) is 5.91 Å². The molecule has 2 unspecified atom stereocenters. The van der Waals surface area contributed by atoms with Crippen molar-refractivity contribution < 1.29 is 18.7 Å². The molecule has 2 fully saturated rings. The number of halogens is 1. The lowest BCUT2D eigenvalue weighted by atomic mass is 9.89. The van der Waals surface area contributed by atoms with Crippen molar-refractivity contribution in [3.8, 4) is 0 Å². The van der Waals surface area contributed by atoms with Gasteiger partial charge in [0.1, 0.15) is 5.82 Å². The summed E-state index contributed by atoms with van der Waals surface area (Å²) >= 11 is 0. The van der Waals surface area contributed by atoms with E-state index in [0.717, 1.165) is 31.2 Å². The first-order chi connectivity index (χ1) is 16.0. The highest BCUT2D eigenvalue weighted by Gasteiger charge is 2.31. The van der Waals surface area contributed by atoms with E-state index in [9.17, 15) is 14.0 Å². The fraction of sp³-hybridized carbons (Fsp3) is 0.440. The molecule has 2 aromatic carbocycles. The van der Waals surface area contributed by atoms with Crippen LogP contribution in [0.3, 0.4) is 0 Å². The van der Waals surface area contributed by atoms with E-state index in [1.165, 1.54) is 12.1 Å². The summed E-state index contributed by atoms with van der Waals surface area (Å²) in [4.78, 5) is 29.3. The van der Waals surface area contributed by atoms with Gasteiger partial charge in [0.2, 0.25) is 0 Å². The molecule has 1 aliphatic heterocycles.